The molecule has 0 bridgehead atoms. The predicted molar refractivity (Wildman–Crippen MR) is 88.6 cm³/mol. The minimum Gasteiger partial charge on any atom is -0.381 e. The summed E-state index contributed by atoms with van der Waals surface area (Å²) in [4.78, 5) is 26.4. The summed E-state index contributed by atoms with van der Waals surface area (Å²) >= 11 is 2.96. The average molecular weight is 356 g/mol. The second-order valence-corrected chi connectivity index (χ2v) is 8.07. The molecule has 1 N–H and O–H groups in total. The molecule has 2 aliphatic heterocycles. The molecule has 0 saturated carbocycles. The number of carbonyl (C=O) groups is 2. The number of anilines is 1. The summed E-state index contributed by atoms with van der Waals surface area (Å²) in [6.45, 7) is 3.91. The van der Waals surface area contributed by atoms with E-state index in [0.717, 1.165) is 22.9 Å². The van der Waals surface area contributed by atoms with Gasteiger partial charge in [-0.3, -0.25) is 9.59 Å². The molecule has 9 heteroatoms. The number of amides is 2. The zero-order valence-electron chi connectivity index (χ0n) is 13.0. The first-order valence-corrected chi connectivity index (χ1v) is 9.62. The van der Waals surface area contributed by atoms with Crippen molar-refractivity contribution >= 4 is 40.0 Å². The van der Waals surface area contributed by atoms with E-state index >= 15 is 0 Å². The summed E-state index contributed by atoms with van der Waals surface area (Å²) in [5.41, 5.74) is 0. The smallest absolute Gasteiger partial charge is 0.231 e. The van der Waals surface area contributed by atoms with Gasteiger partial charge in [-0.15, -0.1) is 10.2 Å². The molecule has 0 aliphatic carbocycles. The number of thioether (sulfide) groups is 1. The fourth-order valence-electron chi connectivity index (χ4n) is 2.91. The van der Waals surface area contributed by atoms with Crippen molar-refractivity contribution in [2.24, 2.45) is 5.92 Å². The molecule has 1 aromatic heterocycles. The van der Waals surface area contributed by atoms with Crippen LogP contribution in [0.15, 0.2) is 4.34 Å². The molecule has 23 heavy (non-hydrogen) atoms. The van der Waals surface area contributed by atoms with Crippen molar-refractivity contribution in [3.63, 3.8) is 0 Å². The molecule has 0 aromatic carbocycles. The average Bonchev–Trinajstić information content (AvgIpc) is 3.15. The maximum Gasteiger partial charge on any atom is 0.231 e. The van der Waals surface area contributed by atoms with E-state index < -0.39 is 0 Å². The van der Waals surface area contributed by atoms with Gasteiger partial charge < -0.3 is 15.0 Å². The largest absolute Gasteiger partial charge is 0.381 e. The summed E-state index contributed by atoms with van der Waals surface area (Å²) in [7, 11) is 0. The number of ether oxygens (including phenoxy) is 1. The van der Waals surface area contributed by atoms with Crippen molar-refractivity contribution in [1.82, 2.24) is 15.1 Å². The number of nitrogens with one attached hydrogen (secondary N) is 1. The van der Waals surface area contributed by atoms with Gasteiger partial charge in [-0.25, -0.2) is 0 Å². The molecule has 2 amide bonds. The Labute approximate surface area is 143 Å². The van der Waals surface area contributed by atoms with Crippen LogP contribution in [0.25, 0.3) is 0 Å². The second-order valence-electron chi connectivity index (χ2n) is 5.59. The van der Waals surface area contributed by atoms with Crippen molar-refractivity contribution in [3.05, 3.63) is 0 Å². The van der Waals surface area contributed by atoms with E-state index in [4.69, 9.17) is 4.74 Å². The predicted octanol–water partition coefficient (Wildman–Crippen LogP) is 1.62. The van der Waals surface area contributed by atoms with E-state index in [2.05, 4.69) is 15.5 Å². The minimum absolute atomic E-state index is 0.0662. The highest BCUT2D eigenvalue weighted by Gasteiger charge is 2.38. The molecule has 1 unspecified atom stereocenters. The lowest BCUT2D eigenvalue weighted by Gasteiger charge is -2.31. The second kappa shape index (κ2) is 7.59. The molecule has 3 rings (SSSR count). The van der Waals surface area contributed by atoms with Crippen LogP contribution < -0.4 is 5.32 Å². The van der Waals surface area contributed by atoms with Crippen LogP contribution in [0.1, 0.15) is 26.2 Å². The van der Waals surface area contributed by atoms with Crippen LogP contribution in [0, 0.1) is 5.92 Å². The van der Waals surface area contributed by atoms with Gasteiger partial charge in [0.15, 0.2) is 4.34 Å². The molecule has 2 aliphatic rings. The fourth-order valence-corrected chi connectivity index (χ4v) is 4.56. The zero-order chi connectivity index (χ0) is 16.2. The summed E-state index contributed by atoms with van der Waals surface area (Å²) < 4.78 is 6.18. The molecule has 3 heterocycles. The van der Waals surface area contributed by atoms with Gasteiger partial charge in [0.05, 0.1) is 5.92 Å². The van der Waals surface area contributed by atoms with E-state index in [-0.39, 0.29) is 30.2 Å². The number of carbonyl (C=O) groups excluding carboxylic acids is 2. The third-order valence-electron chi connectivity index (χ3n) is 4.07. The van der Waals surface area contributed by atoms with Gasteiger partial charge in [-0.1, -0.05) is 30.0 Å². The van der Waals surface area contributed by atoms with Crippen LogP contribution in [-0.2, 0) is 14.3 Å². The van der Waals surface area contributed by atoms with Crippen LogP contribution in [0.5, 0.6) is 0 Å². The Morgan fingerprint density at radius 2 is 2.22 bits per heavy atom. The molecule has 1 atom stereocenters. The van der Waals surface area contributed by atoms with Crippen LogP contribution in [0.4, 0.5) is 5.13 Å². The highest BCUT2D eigenvalue weighted by molar-refractivity contribution is 8.01. The molecule has 0 spiro atoms. The molecular weight excluding hydrogens is 336 g/mol. The lowest BCUT2D eigenvalue weighted by molar-refractivity contribution is -0.131. The first-order chi connectivity index (χ1) is 11.2. The molecule has 0 radical (unpaired) electrons. The van der Waals surface area contributed by atoms with Crippen molar-refractivity contribution in [1.29, 1.82) is 0 Å². The number of hydrogen-bond donors (Lipinski definition) is 1. The Bertz CT molecular complexity index is 574. The van der Waals surface area contributed by atoms with Crippen LogP contribution >= 0.6 is 23.1 Å². The number of rotatable bonds is 5. The standard InChI is InChI=1S/C14H20N4O3S2/c1-2-22-14-17-16-13(23-14)15-12(20)9-7-11(19)18(8-9)10-3-5-21-6-4-10/h9-10H,2-8H2,1H3,(H,15,16,20). The summed E-state index contributed by atoms with van der Waals surface area (Å²) in [6.07, 6.45) is 1.99. The number of likely N-dealkylation sites (tertiary alicyclic amines) is 1. The van der Waals surface area contributed by atoms with Crippen molar-refractivity contribution in [2.45, 2.75) is 36.6 Å². The van der Waals surface area contributed by atoms with Gasteiger partial charge in [-0.05, 0) is 18.6 Å². The van der Waals surface area contributed by atoms with Gasteiger partial charge in [0.2, 0.25) is 16.9 Å². The normalized spacial score (nSPS) is 22.6. The van der Waals surface area contributed by atoms with Crippen molar-refractivity contribution in [2.75, 3.05) is 30.8 Å². The van der Waals surface area contributed by atoms with E-state index in [9.17, 15) is 9.59 Å². The first-order valence-electron chi connectivity index (χ1n) is 7.81. The van der Waals surface area contributed by atoms with Gasteiger partial charge >= 0.3 is 0 Å². The fraction of sp³-hybridized carbons (Fsp3) is 0.714. The van der Waals surface area contributed by atoms with Crippen LogP contribution in [0.3, 0.4) is 0 Å². The highest BCUT2D eigenvalue weighted by atomic mass is 32.2. The van der Waals surface area contributed by atoms with Crippen LogP contribution in [0.2, 0.25) is 0 Å². The van der Waals surface area contributed by atoms with E-state index in [1.54, 1.807) is 11.8 Å². The topological polar surface area (TPSA) is 84.4 Å². The van der Waals surface area contributed by atoms with Gasteiger partial charge in [0.1, 0.15) is 0 Å². The third-order valence-corrected chi connectivity index (χ3v) is 5.92. The summed E-state index contributed by atoms with van der Waals surface area (Å²) in [6, 6.07) is 0.211. The Morgan fingerprint density at radius 1 is 1.43 bits per heavy atom. The van der Waals surface area contributed by atoms with Gasteiger partial charge in [-0.2, -0.15) is 0 Å². The molecule has 2 fully saturated rings. The van der Waals surface area contributed by atoms with Crippen molar-refractivity contribution in [3.8, 4) is 0 Å². The summed E-state index contributed by atoms with van der Waals surface area (Å²) in [5.74, 6) is 0.532. The Hall–Kier alpha value is -1.19. The highest BCUT2D eigenvalue weighted by Crippen LogP contribution is 2.28. The van der Waals surface area contributed by atoms with Crippen LogP contribution in [-0.4, -0.2) is 58.5 Å². The molecule has 126 valence electrons. The van der Waals surface area contributed by atoms with E-state index in [0.29, 0.717) is 24.9 Å². The van der Waals surface area contributed by atoms with Gasteiger partial charge in [0.25, 0.3) is 0 Å². The first kappa shape index (κ1) is 16.7. The Kier molecular flexibility index (Phi) is 5.50. The molecule has 2 saturated heterocycles. The number of nitrogens with zero attached hydrogens (tertiary/aromatic N) is 3. The Morgan fingerprint density at radius 3 is 2.96 bits per heavy atom. The maximum absolute atomic E-state index is 12.4. The third kappa shape index (κ3) is 4.02. The van der Waals surface area contributed by atoms with Gasteiger partial charge in [0, 0.05) is 32.2 Å². The number of hydrogen-bond acceptors (Lipinski definition) is 7. The lowest BCUT2D eigenvalue weighted by atomic mass is 10.1. The van der Waals surface area contributed by atoms with Crippen molar-refractivity contribution < 1.29 is 14.3 Å². The molecule has 1 aromatic rings. The monoisotopic (exact) mass is 356 g/mol. The SMILES string of the molecule is CCSc1nnc(NC(=O)C2CC(=O)N(C3CCOCC3)C2)s1. The van der Waals surface area contributed by atoms with E-state index in [1.165, 1.54) is 11.3 Å². The summed E-state index contributed by atoms with van der Waals surface area (Å²) in [5, 5.41) is 11.3. The maximum atomic E-state index is 12.4. The quantitative estimate of drug-likeness (QED) is 0.637. The number of aromatic nitrogens is 2. The van der Waals surface area contributed by atoms with E-state index in [1.807, 2.05) is 11.8 Å². The zero-order valence-corrected chi connectivity index (χ0v) is 14.6. The Balaban J connectivity index is 1.56. The molecule has 7 nitrogen and oxygen atoms in total. The molecular formula is C14H20N4O3S2. The lowest BCUT2D eigenvalue weighted by Crippen LogP contribution is -2.41. The minimum atomic E-state index is -0.309.